The highest BCUT2D eigenvalue weighted by atomic mass is 16.2. The van der Waals surface area contributed by atoms with Gasteiger partial charge in [-0.15, -0.1) is 0 Å². The van der Waals surface area contributed by atoms with Gasteiger partial charge in [0.15, 0.2) is 0 Å². The van der Waals surface area contributed by atoms with Crippen LogP contribution in [0.5, 0.6) is 0 Å². The van der Waals surface area contributed by atoms with Crippen molar-refractivity contribution in [3.05, 3.63) is 29.3 Å². The van der Waals surface area contributed by atoms with Gasteiger partial charge in [-0.2, -0.15) is 0 Å². The summed E-state index contributed by atoms with van der Waals surface area (Å²) in [5.41, 5.74) is 9.08. The molecule has 1 atom stereocenters. The van der Waals surface area contributed by atoms with E-state index in [0.717, 1.165) is 42.7 Å². The van der Waals surface area contributed by atoms with Gasteiger partial charge in [0, 0.05) is 18.3 Å². The van der Waals surface area contributed by atoms with Gasteiger partial charge in [-0.25, -0.2) is 0 Å². The molecular weight excluding hydrogens is 238 g/mol. The van der Waals surface area contributed by atoms with Crippen molar-refractivity contribution in [1.82, 2.24) is 4.90 Å². The van der Waals surface area contributed by atoms with Gasteiger partial charge in [0.25, 0.3) is 0 Å². The summed E-state index contributed by atoms with van der Waals surface area (Å²) in [5, 5.41) is 2.99. The largest absolute Gasteiger partial charge is 0.327 e. The zero-order valence-corrected chi connectivity index (χ0v) is 11.8. The number of aryl methyl sites for hydroxylation is 2. The van der Waals surface area contributed by atoms with E-state index in [1.54, 1.807) is 0 Å². The first-order chi connectivity index (χ1) is 9.04. The van der Waals surface area contributed by atoms with Crippen LogP contribution in [0.15, 0.2) is 18.2 Å². The van der Waals surface area contributed by atoms with Gasteiger partial charge in [-0.05, 0) is 50.4 Å². The quantitative estimate of drug-likeness (QED) is 0.870. The first kappa shape index (κ1) is 14.0. The number of anilines is 1. The van der Waals surface area contributed by atoms with E-state index in [0.29, 0.717) is 6.54 Å². The molecule has 4 heteroatoms. The van der Waals surface area contributed by atoms with Crippen molar-refractivity contribution >= 4 is 11.6 Å². The molecule has 1 aliphatic rings. The molecule has 0 spiro atoms. The maximum Gasteiger partial charge on any atom is 0.238 e. The smallest absolute Gasteiger partial charge is 0.238 e. The van der Waals surface area contributed by atoms with Gasteiger partial charge in [0.1, 0.15) is 0 Å². The summed E-state index contributed by atoms with van der Waals surface area (Å²) in [7, 11) is 0. The number of piperidine rings is 1. The SMILES string of the molecule is Cc1ccc(C)c(NC(=O)CN2CCC[C@@H](N)C2)c1. The highest BCUT2D eigenvalue weighted by Gasteiger charge is 2.18. The van der Waals surface area contributed by atoms with E-state index in [4.69, 9.17) is 5.73 Å². The molecule has 1 saturated heterocycles. The molecule has 4 nitrogen and oxygen atoms in total. The molecule has 0 radical (unpaired) electrons. The number of likely N-dealkylation sites (tertiary alicyclic amines) is 1. The Morgan fingerprint density at radius 2 is 2.26 bits per heavy atom. The predicted molar refractivity (Wildman–Crippen MR) is 78.2 cm³/mol. The average Bonchev–Trinajstić information content (AvgIpc) is 2.34. The molecule has 0 saturated carbocycles. The minimum absolute atomic E-state index is 0.0443. The van der Waals surface area contributed by atoms with E-state index in [-0.39, 0.29) is 11.9 Å². The fourth-order valence-corrected chi connectivity index (χ4v) is 2.50. The number of hydrogen-bond acceptors (Lipinski definition) is 3. The second-order valence-electron chi connectivity index (χ2n) is 5.50. The molecule has 0 bridgehead atoms. The van der Waals surface area contributed by atoms with E-state index in [1.807, 2.05) is 26.0 Å². The van der Waals surface area contributed by atoms with Gasteiger partial charge < -0.3 is 11.1 Å². The summed E-state index contributed by atoms with van der Waals surface area (Å²) in [6.07, 6.45) is 2.15. The van der Waals surface area contributed by atoms with E-state index < -0.39 is 0 Å². The summed E-state index contributed by atoms with van der Waals surface area (Å²) in [5.74, 6) is 0.0443. The highest BCUT2D eigenvalue weighted by molar-refractivity contribution is 5.93. The summed E-state index contributed by atoms with van der Waals surface area (Å²) in [4.78, 5) is 14.2. The third-order valence-electron chi connectivity index (χ3n) is 3.58. The first-order valence-corrected chi connectivity index (χ1v) is 6.89. The maximum absolute atomic E-state index is 12.1. The number of amides is 1. The Bertz CT molecular complexity index is 459. The van der Waals surface area contributed by atoms with Crippen molar-refractivity contribution in [2.45, 2.75) is 32.7 Å². The van der Waals surface area contributed by atoms with Crippen LogP contribution in [0.4, 0.5) is 5.69 Å². The van der Waals surface area contributed by atoms with Crippen LogP contribution in [-0.4, -0.2) is 36.5 Å². The van der Waals surface area contributed by atoms with Crippen molar-refractivity contribution < 1.29 is 4.79 Å². The Morgan fingerprint density at radius 3 is 3.00 bits per heavy atom. The van der Waals surface area contributed by atoms with E-state index in [9.17, 15) is 4.79 Å². The summed E-state index contributed by atoms with van der Waals surface area (Å²) in [6.45, 7) is 6.25. The van der Waals surface area contributed by atoms with Crippen molar-refractivity contribution in [3.63, 3.8) is 0 Å². The van der Waals surface area contributed by atoms with E-state index in [2.05, 4.69) is 16.3 Å². The Hall–Kier alpha value is -1.39. The normalized spacial score (nSPS) is 20.3. The standard InChI is InChI=1S/C15H23N3O/c1-11-5-6-12(2)14(8-11)17-15(19)10-18-7-3-4-13(16)9-18/h5-6,8,13H,3-4,7,9-10,16H2,1-2H3,(H,17,19)/t13-/m1/s1. The molecule has 1 aromatic carbocycles. The van der Waals surface area contributed by atoms with Crippen LogP contribution in [0.2, 0.25) is 0 Å². The number of nitrogens with two attached hydrogens (primary N) is 1. The Balaban J connectivity index is 1.92. The molecule has 0 unspecified atom stereocenters. The summed E-state index contributed by atoms with van der Waals surface area (Å²) < 4.78 is 0. The molecule has 1 amide bonds. The fraction of sp³-hybridized carbons (Fsp3) is 0.533. The van der Waals surface area contributed by atoms with Crippen LogP contribution in [0.1, 0.15) is 24.0 Å². The van der Waals surface area contributed by atoms with Gasteiger partial charge in [-0.1, -0.05) is 12.1 Å². The van der Waals surface area contributed by atoms with Crippen molar-refractivity contribution in [1.29, 1.82) is 0 Å². The van der Waals surface area contributed by atoms with Crippen LogP contribution >= 0.6 is 0 Å². The predicted octanol–water partition coefficient (Wildman–Crippen LogP) is 1.67. The van der Waals surface area contributed by atoms with Crippen molar-refractivity contribution in [2.75, 3.05) is 25.0 Å². The van der Waals surface area contributed by atoms with Crippen LogP contribution in [0, 0.1) is 13.8 Å². The second-order valence-corrected chi connectivity index (χ2v) is 5.50. The number of hydrogen-bond donors (Lipinski definition) is 2. The molecule has 1 aromatic rings. The van der Waals surface area contributed by atoms with Crippen LogP contribution in [0.25, 0.3) is 0 Å². The lowest BCUT2D eigenvalue weighted by molar-refractivity contribution is -0.117. The third kappa shape index (κ3) is 4.04. The number of benzene rings is 1. The minimum Gasteiger partial charge on any atom is -0.327 e. The molecule has 1 aliphatic heterocycles. The monoisotopic (exact) mass is 261 g/mol. The van der Waals surface area contributed by atoms with Crippen molar-refractivity contribution in [3.8, 4) is 0 Å². The molecule has 3 N–H and O–H groups in total. The topological polar surface area (TPSA) is 58.4 Å². The average molecular weight is 261 g/mol. The molecule has 104 valence electrons. The van der Waals surface area contributed by atoms with Gasteiger partial charge in [0.05, 0.1) is 6.54 Å². The molecule has 1 heterocycles. The first-order valence-electron chi connectivity index (χ1n) is 6.89. The van der Waals surface area contributed by atoms with Crippen LogP contribution < -0.4 is 11.1 Å². The summed E-state index contributed by atoms with van der Waals surface area (Å²) in [6, 6.07) is 6.30. The van der Waals surface area contributed by atoms with Crippen molar-refractivity contribution in [2.24, 2.45) is 5.73 Å². The molecule has 0 aliphatic carbocycles. The summed E-state index contributed by atoms with van der Waals surface area (Å²) >= 11 is 0. The number of carbonyl (C=O) groups excluding carboxylic acids is 1. The highest BCUT2D eigenvalue weighted by Crippen LogP contribution is 2.16. The van der Waals surface area contributed by atoms with Gasteiger partial charge in [-0.3, -0.25) is 9.69 Å². The third-order valence-corrected chi connectivity index (χ3v) is 3.58. The number of nitrogens with one attached hydrogen (secondary N) is 1. The molecule has 2 rings (SSSR count). The number of nitrogens with zero attached hydrogens (tertiary/aromatic N) is 1. The Kier molecular flexibility index (Phi) is 4.56. The Labute approximate surface area is 115 Å². The lowest BCUT2D eigenvalue weighted by Crippen LogP contribution is -2.45. The maximum atomic E-state index is 12.1. The van der Waals surface area contributed by atoms with Gasteiger partial charge >= 0.3 is 0 Å². The zero-order valence-electron chi connectivity index (χ0n) is 11.8. The van der Waals surface area contributed by atoms with Gasteiger partial charge in [0.2, 0.25) is 5.91 Å². The second kappa shape index (κ2) is 6.17. The lowest BCUT2D eigenvalue weighted by atomic mass is 10.1. The van der Waals surface area contributed by atoms with Crippen LogP contribution in [-0.2, 0) is 4.79 Å². The molecule has 0 aromatic heterocycles. The molecule has 19 heavy (non-hydrogen) atoms. The molecule has 1 fully saturated rings. The Morgan fingerprint density at radius 1 is 1.47 bits per heavy atom. The van der Waals surface area contributed by atoms with Crippen LogP contribution in [0.3, 0.4) is 0 Å². The number of rotatable bonds is 3. The fourth-order valence-electron chi connectivity index (χ4n) is 2.50. The molecular formula is C15H23N3O. The zero-order chi connectivity index (χ0) is 13.8. The van der Waals surface area contributed by atoms with E-state index in [1.165, 1.54) is 0 Å². The lowest BCUT2D eigenvalue weighted by Gasteiger charge is -2.30. The van der Waals surface area contributed by atoms with E-state index >= 15 is 0 Å². The number of carbonyl (C=O) groups is 1. The minimum atomic E-state index is 0.0443.